The second kappa shape index (κ2) is 26.0. The lowest BCUT2D eigenvalue weighted by Crippen LogP contribution is -2.55. The fourth-order valence-corrected chi connectivity index (χ4v) is 4.97. The molecule has 0 rings (SSSR count). The molecule has 0 aliphatic carbocycles. The van der Waals surface area contributed by atoms with E-state index in [9.17, 15) is 19.5 Å². The Hall–Kier alpha value is -1.67. The molecule has 0 aromatic heterocycles. The summed E-state index contributed by atoms with van der Waals surface area (Å²) in [5, 5.41) is 11.4. The highest BCUT2D eigenvalue weighted by atomic mass is 16.6. The van der Waals surface area contributed by atoms with E-state index in [0.29, 0.717) is 6.42 Å². The van der Waals surface area contributed by atoms with E-state index in [-0.39, 0.29) is 36.7 Å². The van der Waals surface area contributed by atoms with E-state index in [2.05, 4.69) is 6.92 Å². The molecule has 0 saturated heterocycles. The number of carboxylic acids is 1. The van der Waals surface area contributed by atoms with Crippen molar-refractivity contribution in [1.29, 1.82) is 0 Å². The first-order valence-electron chi connectivity index (χ1n) is 16.5. The summed E-state index contributed by atoms with van der Waals surface area (Å²) in [6.07, 6.45) is 23.2. The highest BCUT2D eigenvalue weighted by molar-refractivity contribution is 5.70. The Bertz CT molecular complexity index is 662. The molecule has 0 bridgehead atoms. The number of carbonyl (C=O) groups excluding carboxylic acids is 3. The smallest absolute Gasteiger partial charge is 0.306 e. The van der Waals surface area contributed by atoms with Gasteiger partial charge in [0.15, 0.2) is 6.10 Å². The van der Waals surface area contributed by atoms with Gasteiger partial charge in [0.25, 0.3) is 0 Å². The van der Waals surface area contributed by atoms with Crippen LogP contribution in [0.15, 0.2) is 0 Å². The van der Waals surface area contributed by atoms with Crippen LogP contribution in [-0.2, 0) is 28.6 Å². The molecular formula is C33H63NO7. The van der Waals surface area contributed by atoms with Gasteiger partial charge in [-0.2, -0.15) is 0 Å². The predicted octanol–water partition coefficient (Wildman–Crippen LogP) is 6.12. The predicted molar refractivity (Wildman–Crippen MR) is 162 cm³/mol. The van der Waals surface area contributed by atoms with Gasteiger partial charge in [-0.25, -0.2) is 0 Å². The number of unbranched alkanes of at least 4 members (excludes halogenated alkanes) is 17. The molecule has 242 valence electrons. The van der Waals surface area contributed by atoms with Crippen LogP contribution in [0.2, 0.25) is 0 Å². The summed E-state index contributed by atoms with van der Waals surface area (Å²) in [5.74, 6) is -1.92. The maximum absolute atomic E-state index is 12.3. The van der Waals surface area contributed by atoms with Crippen molar-refractivity contribution in [2.45, 2.75) is 154 Å². The zero-order chi connectivity index (χ0) is 30.8. The lowest BCUT2D eigenvalue weighted by molar-refractivity contribution is -0.889. The van der Waals surface area contributed by atoms with Crippen LogP contribution in [0.1, 0.15) is 142 Å². The number of nitrogens with zero attached hydrogens (tertiary/aromatic N) is 1. The normalized spacial score (nSPS) is 13.1. The summed E-state index contributed by atoms with van der Waals surface area (Å²) in [4.78, 5) is 34.9. The zero-order valence-electron chi connectivity index (χ0n) is 27.2. The molecule has 0 fully saturated rings. The topological polar surface area (TPSA) is 102 Å². The number of carboxylic acid groups (broad SMARTS) is 1. The quantitative estimate of drug-likeness (QED) is 0.0592. The number of esters is 2. The van der Waals surface area contributed by atoms with E-state index in [0.717, 1.165) is 19.3 Å². The first-order chi connectivity index (χ1) is 19.6. The lowest BCUT2D eigenvalue weighted by Gasteiger charge is -2.34. The van der Waals surface area contributed by atoms with Gasteiger partial charge in [0.05, 0.1) is 40.3 Å². The van der Waals surface area contributed by atoms with E-state index in [1.54, 1.807) is 21.1 Å². The van der Waals surface area contributed by atoms with Crippen molar-refractivity contribution in [1.82, 2.24) is 0 Å². The second-order valence-corrected chi connectivity index (χ2v) is 12.5. The maximum atomic E-state index is 12.3. The average Bonchev–Trinajstić information content (AvgIpc) is 2.89. The average molecular weight is 586 g/mol. The van der Waals surface area contributed by atoms with Crippen molar-refractivity contribution in [3.8, 4) is 0 Å². The molecule has 2 unspecified atom stereocenters. The summed E-state index contributed by atoms with van der Waals surface area (Å²) in [6, 6.07) is -0.714. The Labute approximate surface area is 251 Å². The number of carbonyl (C=O) groups is 3. The molecule has 0 saturated carbocycles. The van der Waals surface area contributed by atoms with Crippen molar-refractivity contribution in [2.75, 3.05) is 41.0 Å². The van der Waals surface area contributed by atoms with Crippen molar-refractivity contribution < 1.29 is 38.2 Å². The minimum absolute atomic E-state index is 0.0368. The number of quaternary nitrogens is 1. The molecule has 41 heavy (non-hydrogen) atoms. The standard InChI is InChI=1S/C33H63NO7/c1-6-7-8-9-10-11-12-13-14-15-16-17-18-19-20-21-22-23-24-32(36)41-30(28-40-29(2)35)27-39-26-25-31(33(37)38)34(3,4)5/h30-31H,6-28H2,1-5H3. The van der Waals surface area contributed by atoms with Gasteiger partial charge >= 0.3 is 11.9 Å². The highest BCUT2D eigenvalue weighted by Crippen LogP contribution is 2.15. The Morgan fingerprint density at radius 2 is 1.12 bits per heavy atom. The minimum atomic E-state index is -1.13. The SMILES string of the molecule is CCCCCCCCCCCCCCCCCCCCC(=O)OC(COCCC(C(=O)[O-])[N+](C)(C)C)COC(C)=O. The molecule has 0 radical (unpaired) electrons. The van der Waals surface area contributed by atoms with Crippen LogP contribution in [0, 0.1) is 0 Å². The molecule has 0 spiro atoms. The van der Waals surface area contributed by atoms with Crippen LogP contribution in [0.3, 0.4) is 0 Å². The minimum Gasteiger partial charge on any atom is -0.544 e. The van der Waals surface area contributed by atoms with Gasteiger partial charge in [-0.3, -0.25) is 9.59 Å². The number of hydrogen-bond acceptors (Lipinski definition) is 7. The number of likely N-dealkylation sites (N-methyl/N-ethyl adjacent to an activating group) is 1. The van der Waals surface area contributed by atoms with E-state index in [1.165, 1.54) is 103 Å². The third kappa shape index (κ3) is 25.7. The van der Waals surface area contributed by atoms with Gasteiger partial charge in [0, 0.05) is 19.8 Å². The summed E-state index contributed by atoms with van der Waals surface area (Å²) >= 11 is 0. The molecule has 0 aromatic carbocycles. The van der Waals surface area contributed by atoms with E-state index in [1.807, 2.05) is 0 Å². The molecule has 8 heteroatoms. The molecule has 8 nitrogen and oxygen atoms in total. The van der Waals surface area contributed by atoms with Gasteiger partial charge in [-0.15, -0.1) is 0 Å². The number of aliphatic carboxylic acids is 1. The number of rotatable bonds is 29. The monoisotopic (exact) mass is 585 g/mol. The van der Waals surface area contributed by atoms with Gasteiger partial charge in [0.2, 0.25) is 0 Å². The third-order valence-electron chi connectivity index (χ3n) is 7.55. The van der Waals surface area contributed by atoms with E-state index >= 15 is 0 Å². The summed E-state index contributed by atoms with van der Waals surface area (Å²) < 4.78 is 16.3. The van der Waals surface area contributed by atoms with E-state index < -0.39 is 24.1 Å². The maximum Gasteiger partial charge on any atom is 0.306 e. The Morgan fingerprint density at radius 3 is 1.51 bits per heavy atom. The second-order valence-electron chi connectivity index (χ2n) is 12.5. The Kier molecular flexibility index (Phi) is 24.9. The third-order valence-corrected chi connectivity index (χ3v) is 7.55. The van der Waals surface area contributed by atoms with Gasteiger partial charge in [-0.1, -0.05) is 116 Å². The first kappa shape index (κ1) is 39.3. The van der Waals surface area contributed by atoms with Crippen molar-refractivity contribution in [3.63, 3.8) is 0 Å². The molecular weight excluding hydrogens is 522 g/mol. The molecule has 0 aromatic rings. The van der Waals surface area contributed by atoms with Crippen LogP contribution in [-0.4, -0.2) is 75.5 Å². The van der Waals surface area contributed by atoms with Crippen LogP contribution >= 0.6 is 0 Å². The summed E-state index contributed by atoms with van der Waals surface area (Å²) in [6.45, 7) is 3.69. The highest BCUT2D eigenvalue weighted by Gasteiger charge is 2.25. The fraction of sp³-hybridized carbons (Fsp3) is 0.909. The zero-order valence-corrected chi connectivity index (χ0v) is 27.2. The molecule has 0 aliphatic rings. The van der Waals surface area contributed by atoms with Gasteiger partial charge < -0.3 is 28.6 Å². The number of hydrogen-bond donors (Lipinski definition) is 0. The largest absolute Gasteiger partial charge is 0.544 e. The van der Waals surface area contributed by atoms with Crippen LogP contribution in [0.5, 0.6) is 0 Å². The molecule has 0 N–H and O–H groups in total. The summed E-state index contributed by atoms with van der Waals surface area (Å²) in [5.41, 5.74) is 0. The molecule has 0 amide bonds. The Morgan fingerprint density at radius 1 is 0.683 bits per heavy atom. The molecule has 0 aliphatic heterocycles. The van der Waals surface area contributed by atoms with Crippen molar-refractivity contribution >= 4 is 17.9 Å². The lowest BCUT2D eigenvalue weighted by atomic mass is 10.0. The van der Waals surface area contributed by atoms with Crippen LogP contribution < -0.4 is 5.11 Å². The van der Waals surface area contributed by atoms with Gasteiger partial charge in [0.1, 0.15) is 12.6 Å². The molecule has 2 atom stereocenters. The van der Waals surface area contributed by atoms with Crippen LogP contribution in [0.25, 0.3) is 0 Å². The number of ether oxygens (including phenoxy) is 3. The van der Waals surface area contributed by atoms with Crippen molar-refractivity contribution in [2.24, 2.45) is 0 Å². The first-order valence-corrected chi connectivity index (χ1v) is 16.5. The Balaban J connectivity index is 3.85. The van der Waals surface area contributed by atoms with E-state index in [4.69, 9.17) is 14.2 Å². The van der Waals surface area contributed by atoms with Crippen LogP contribution in [0.4, 0.5) is 0 Å². The fourth-order valence-electron chi connectivity index (χ4n) is 4.97. The van der Waals surface area contributed by atoms with Crippen molar-refractivity contribution in [3.05, 3.63) is 0 Å². The van der Waals surface area contributed by atoms with Gasteiger partial charge in [-0.05, 0) is 6.42 Å². The summed E-state index contributed by atoms with van der Waals surface area (Å²) in [7, 11) is 5.35. The molecule has 0 heterocycles.